The Labute approximate surface area is 271 Å². The van der Waals surface area contributed by atoms with Crippen molar-refractivity contribution >= 4 is 0 Å². The maximum atomic E-state index is 14.6. The largest absolute Gasteiger partial charge is 0.460 e. The first-order valence-electron chi connectivity index (χ1n) is 12.1. The Hall–Kier alpha value is -2.38. The van der Waals surface area contributed by atoms with Crippen molar-refractivity contribution in [3.63, 3.8) is 0 Å². The van der Waals surface area contributed by atoms with Gasteiger partial charge in [0.2, 0.25) is 0 Å². The molecule has 54 heavy (non-hydrogen) atoms. The standard InChI is InChI=1S/C20H8F34/c1-2-3-5(23,24)7(26,27)10(32,33)13(38,39)14(40,41)11(34,35)8(28,29)6(25,4(21)22)9(30,31)12(36,37)15(42,43)16(44,45)17(46,47)18(48,49)19(50,51)20(52,53)54/h4H,2-3H2,1H3. The van der Waals surface area contributed by atoms with E-state index in [1.54, 1.807) is 0 Å². The minimum Gasteiger partial charge on any atom is -0.223 e. The molecule has 0 aromatic heterocycles. The van der Waals surface area contributed by atoms with Crippen LogP contribution in [0.2, 0.25) is 0 Å². The first kappa shape index (κ1) is 51.6. The lowest BCUT2D eigenvalue weighted by molar-refractivity contribution is -0.485. The maximum Gasteiger partial charge on any atom is 0.460 e. The van der Waals surface area contributed by atoms with E-state index in [-0.39, 0.29) is 6.92 Å². The number of hydrogen-bond donors (Lipinski definition) is 0. The quantitative estimate of drug-likeness (QED) is 0.128. The highest BCUT2D eigenvalue weighted by Gasteiger charge is 3.02. The Morgan fingerprint density at radius 1 is 0.278 bits per heavy atom. The summed E-state index contributed by atoms with van der Waals surface area (Å²) in [5.41, 5.74) is -10.00. The van der Waals surface area contributed by atoms with Gasteiger partial charge in [0.05, 0.1) is 0 Å². The van der Waals surface area contributed by atoms with Crippen LogP contribution in [0.5, 0.6) is 0 Å². The van der Waals surface area contributed by atoms with E-state index in [1.807, 2.05) is 0 Å². The van der Waals surface area contributed by atoms with E-state index < -0.39 is 114 Å². The zero-order chi connectivity index (χ0) is 45.0. The predicted molar refractivity (Wildman–Crippen MR) is 100 cm³/mol. The fourth-order valence-electron chi connectivity index (χ4n) is 3.58. The molecule has 1 atom stereocenters. The van der Waals surface area contributed by atoms with Crippen molar-refractivity contribution in [2.75, 3.05) is 0 Å². The van der Waals surface area contributed by atoms with Crippen LogP contribution in [-0.2, 0) is 0 Å². The normalized spacial score (nSPS) is 18.0. The van der Waals surface area contributed by atoms with E-state index in [1.165, 1.54) is 0 Å². The van der Waals surface area contributed by atoms with Gasteiger partial charge in [-0.25, -0.2) is 13.2 Å². The Bertz CT molecular complexity index is 1330. The van der Waals surface area contributed by atoms with Crippen LogP contribution >= 0.6 is 0 Å². The summed E-state index contributed by atoms with van der Waals surface area (Å²) in [4.78, 5) is 0. The van der Waals surface area contributed by atoms with Crippen LogP contribution in [0.3, 0.4) is 0 Å². The highest BCUT2D eigenvalue weighted by atomic mass is 19.4. The summed E-state index contributed by atoms with van der Waals surface area (Å²) in [5.74, 6) is -133. The first-order valence-corrected chi connectivity index (χ1v) is 12.1. The van der Waals surface area contributed by atoms with Crippen LogP contribution in [-0.4, -0.2) is 101 Å². The first-order chi connectivity index (χ1) is 22.8. The van der Waals surface area contributed by atoms with E-state index >= 15 is 0 Å². The third-order valence-electron chi connectivity index (χ3n) is 6.93. The molecule has 0 aliphatic heterocycles. The minimum absolute atomic E-state index is 0.245. The molecule has 0 N–H and O–H groups in total. The fraction of sp³-hybridized carbons (Fsp3) is 1.00. The number of rotatable bonds is 17. The highest BCUT2D eigenvalue weighted by molar-refractivity contribution is 5.25. The predicted octanol–water partition coefficient (Wildman–Crippen LogP) is 12.2. The second-order valence-electron chi connectivity index (χ2n) is 10.4. The van der Waals surface area contributed by atoms with Crippen molar-refractivity contribution in [1.82, 2.24) is 0 Å². The molecular formula is C20H8F34. The fourth-order valence-corrected chi connectivity index (χ4v) is 3.58. The molecule has 0 aromatic carbocycles. The molecule has 0 spiro atoms. The molecule has 34 heteroatoms. The molecule has 0 nitrogen and oxygen atoms in total. The third-order valence-corrected chi connectivity index (χ3v) is 6.93. The topological polar surface area (TPSA) is 0 Å². The molecule has 0 saturated carbocycles. The van der Waals surface area contributed by atoms with Crippen LogP contribution in [0.15, 0.2) is 0 Å². The molecule has 0 amide bonds. The van der Waals surface area contributed by atoms with E-state index in [0.29, 0.717) is 0 Å². The van der Waals surface area contributed by atoms with E-state index in [9.17, 15) is 149 Å². The van der Waals surface area contributed by atoms with Crippen LogP contribution in [0, 0.1) is 0 Å². The lowest BCUT2D eigenvalue weighted by Gasteiger charge is -2.49. The third kappa shape index (κ3) is 5.77. The molecule has 1 unspecified atom stereocenters. The van der Waals surface area contributed by atoms with Crippen molar-refractivity contribution in [2.45, 2.75) is 121 Å². The van der Waals surface area contributed by atoms with Crippen molar-refractivity contribution < 1.29 is 149 Å². The second kappa shape index (κ2) is 12.8. The van der Waals surface area contributed by atoms with Gasteiger partial charge in [0.15, 0.2) is 0 Å². The Morgan fingerprint density at radius 2 is 0.463 bits per heavy atom. The molecule has 0 heterocycles. The molecule has 0 radical (unpaired) electrons. The molecule has 0 saturated heterocycles. The maximum absolute atomic E-state index is 14.6. The Balaban J connectivity index is 8.06. The van der Waals surface area contributed by atoms with Gasteiger partial charge in [0.25, 0.3) is 6.43 Å². The minimum atomic E-state index is -10.3. The highest BCUT2D eigenvalue weighted by Crippen LogP contribution is 2.70. The summed E-state index contributed by atoms with van der Waals surface area (Å²) in [5, 5.41) is 0. The Morgan fingerprint density at radius 3 is 0.648 bits per heavy atom. The van der Waals surface area contributed by atoms with Gasteiger partial charge in [-0.1, -0.05) is 13.3 Å². The van der Waals surface area contributed by atoms with Gasteiger partial charge in [-0.2, -0.15) is 136 Å². The van der Waals surface area contributed by atoms with Gasteiger partial charge in [-0.3, -0.25) is 0 Å². The molecule has 0 fully saturated rings. The van der Waals surface area contributed by atoms with Crippen LogP contribution in [0.4, 0.5) is 149 Å². The van der Waals surface area contributed by atoms with Gasteiger partial charge in [-0.15, -0.1) is 0 Å². The van der Waals surface area contributed by atoms with Crippen molar-refractivity contribution in [1.29, 1.82) is 0 Å². The van der Waals surface area contributed by atoms with Crippen LogP contribution in [0.1, 0.15) is 19.8 Å². The van der Waals surface area contributed by atoms with E-state index in [2.05, 4.69) is 0 Å². The van der Waals surface area contributed by atoms with E-state index in [0.717, 1.165) is 0 Å². The summed E-state index contributed by atoms with van der Waals surface area (Å²) in [7, 11) is 0. The molecule has 0 aliphatic carbocycles. The summed E-state index contributed by atoms with van der Waals surface area (Å²) in [6, 6.07) is 0. The number of alkyl halides is 34. The average molecular weight is 894 g/mol. The SMILES string of the molecule is CCCC(F)(F)C(F)(F)C(F)(F)C(F)(F)C(F)(F)C(F)(F)C(F)(F)C(F)(C(F)F)C(F)(F)C(F)(F)C(F)(F)C(F)(F)C(F)(F)C(F)(F)C(F)(F)C(F)(F)F. The summed E-state index contributed by atoms with van der Waals surface area (Å²) >= 11 is 0. The lowest BCUT2D eigenvalue weighted by atomic mass is 9.76. The molecule has 326 valence electrons. The van der Waals surface area contributed by atoms with Crippen LogP contribution in [0.25, 0.3) is 0 Å². The molecule has 0 aromatic rings. The number of hydrogen-bond acceptors (Lipinski definition) is 0. The number of halogens is 34. The van der Waals surface area contributed by atoms with Gasteiger partial charge in [0, 0.05) is 6.42 Å². The van der Waals surface area contributed by atoms with Crippen molar-refractivity contribution in [3.05, 3.63) is 0 Å². The Kier molecular flexibility index (Phi) is 12.2. The van der Waals surface area contributed by atoms with Gasteiger partial charge >= 0.3 is 94.8 Å². The molecule has 0 rings (SSSR count). The van der Waals surface area contributed by atoms with Crippen molar-refractivity contribution in [2.24, 2.45) is 0 Å². The summed E-state index contributed by atoms with van der Waals surface area (Å²) < 4.78 is 462. The molecular weight excluding hydrogens is 886 g/mol. The van der Waals surface area contributed by atoms with E-state index in [4.69, 9.17) is 0 Å². The summed E-state index contributed by atoms with van der Waals surface area (Å²) in [6.45, 7) is 0.245. The van der Waals surface area contributed by atoms with Gasteiger partial charge < -0.3 is 0 Å². The van der Waals surface area contributed by atoms with Crippen molar-refractivity contribution in [3.8, 4) is 0 Å². The van der Waals surface area contributed by atoms with Crippen LogP contribution < -0.4 is 0 Å². The summed E-state index contributed by atoms with van der Waals surface area (Å²) in [6.07, 6.45) is -20.8. The van der Waals surface area contributed by atoms with Gasteiger partial charge in [0.1, 0.15) is 0 Å². The monoisotopic (exact) mass is 894 g/mol. The average Bonchev–Trinajstić information content (AvgIpc) is 2.94. The van der Waals surface area contributed by atoms with Gasteiger partial charge in [-0.05, 0) is 0 Å². The zero-order valence-corrected chi connectivity index (χ0v) is 23.8. The smallest absolute Gasteiger partial charge is 0.223 e. The lowest BCUT2D eigenvalue weighted by Crippen LogP contribution is -2.82. The molecule has 0 aliphatic rings. The zero-order valence-electron chi connectivity index (χ0n) is 23.8. The second-order valence-corrected chi connectivity index (χ2v) is 10.4. The molecule has 0 bridgehead atoms.